The fourth-order valence-electron chi connectivity index (χ4n) is 2.27. The quantitative estimate of drug-likeness (QED) is 0.913. The van der Waals surface area contributed by atoms with Gasteiger partial charge in [-0.1, -0.05) is 28.1 Å². The van der Waals surface area contributed by atoms with Crippen molar-refractivity contribution in [1.29, 1.82) is 0 Å². The fourth-order valence-corrected chi connectivity index (χ4v) is 3.25. The molecule has 0 aromatic heterocycles. The molecule has 0 fully saturated rings. The molecule has 0 aliphatic carbocycles. The molecule has 1 aliphatic rings. The van der Waals surface area contributed by atoms with Crippen molar-refractivity contribution in [3.05, 3.63) is 33.8 Å². The van der Waals surface area contributed by atoms with Crippen LogP contribution in [-0.4, -0.2) is 39.9 Å². The van der Waals surface area contributed by atoms with E-state index in [2.05, 4.69) is 15.9 Å². The van der Waals surface area contributed by atoms with Crippen molar-refractivity contribution in [1.82, 2.24) is 4.90 Å². The van der Waals surface area contributed by atoms with Gasteiger partial charge in [0, 0.05) is 17.4 Å². The van der Waals surface area contributed by atoms with Gasteiger partial charge in [0.25, 0.3) is 0 Å². The van der Waals surface area contributed by atoms with Crippen LogP contribution < -0.4 is 0 Å². The minimum Gasteiger partial charge on any atom is -0.480 e. The number of hydrogen-bond donors (Lipinski definition) is 1. The summed E-state index contributed by atoms with van der Waals surface area (Å²) in [5.74, 6) is -0.756. The normalized spacial score (nSPS) is 18.0. The minimum absolute atomic E-state index is 0.120. The summed E-state index contributed by atoms with van der Waals surface area (Å²) in [6.07, 6.45) is 2.19. The first-order chi connectivity index (χ1) is 9.04. The van der Waals surface area contributed by atoms with Gasteiger partial charge in [-0.25, -0.2) is 4.79 Å². The molecule has 102 valence electrons. The number of fused-ring (bicyclic) bond motifs is 1. The Morgan fingerprint density at radius 3 is 2.89 bits per heavy atom. The zero-order chi connectivity index (χ0) is 14.0. The molecule has 1 amide bonds. The molecule has 0 saturated carbocycles. The van der Waals surface area contributed by atoms with Crippen LogP contribution in [0.3, 0.4) is 0 Å². The number of nitrogens with zero attached hydrogens (tertiary/aromatic N) is 1. The Morgan fingerprint density at radius 1 is 1.53 bits per heavy atom. The average molecular weight is 344 g/mol. The summed E-state index contributed by atoms with van der Waals surface area (Å²) in [6.45, 7) is 0.366. The van der Waals surface area contributed by atoms with Crippen molar-refractivity contribution >= 4 is 39.6 Å². The van der Waals surface area contributed by atoms with Crippen LogP contribution >= 0.6 is 27.7 Å². The topological polar surface area (TPSA) is 57.6 Å². The third-order valence-corrected chi connectivity index (χ3v) is 4.48. The second-order valence-corrected chi connectivity index (χ2v) is 6.11. The number of aliphatic carboxylic acids is 1. The van der Waals surface area contributed by atoms with Crippen LogP contribution in [0.5, 0.6) is 0 Å². The number of amides is 1. The summed E-state index contributed by atoms with van der Waals surface area (Å²) in [7, 11) is 0. The molecule has 6 heteroatoms. The lowest BCUT2D eigenvalue weighted by Crippen LogP contribution is -2.49. The Morgan fingerprint density at radius 2 is 2.26 bits per heavy atom. The zero-order valence-corrected chi connectivity index (χ0v) is 12.8. The maximum atomic E-state index is 12.0. The van der Waals surface area contributed by atoms with Crippen LogP contribution in [0, 0.1) is 0 Å². The molecule has 0 radical (unpaired) electrons. The minimum atomic E-state index is -0.948. The maximum absolute atomic E-state index is 12.0. The van der Waals surface area contributed by atoms with Crippen molar-refractivity contribution in [2.24, 2.45) is 0 Å². The smallest absolute Gasteiger partial charge is 0.326 e. The summed E-state index contributed by atoms with van der Waals surface area (Å²) in [5, 5.41) is 9.33. The predicted molar refractivity (Wildman–Crippen MR) is 78.2 cm³/mol. The first kappa shape index (κ1) is 14.4. The van der Waals surface area contributed by atoms with Crippen molar-refractivity contribution in [2.75, 3.05) is 12.0 Å². The highest BCUT2D eigenvalue weighted by Gasteiger charge is 2.34. The number of carbonyl (C=O) groups is 2. The zero-order valence-electron chi connectivity index (χ0n) is 10.4. The molecule has 0 bridgehead atoms. The summed E-state index contributed by atoms with van der Waals surface area (Å²) < 4.78 is 0.910. The number of carbonyl (C=O) groups excluding carboxylic acids is 1. The number of benzene rings is 1. The van der Waals surface area contributed by atoms with Gasteiger partial charge in [0.1, 0.15) is 6.04 Å². The molecule has 4 nitrogen and oxygen atoms in total. The molecule has 1 aliphatic heterocycles. The van der Waals surface area contributed by atoms with E-state index in [0.717, 1.165) is 15.6 Å². The molecule has 2 rings (SSSR count). The molecule has 1 aromatic carbocycles. The van der Waals surface area contributed by atoms with Crippen LogP contribution in [0.15, 0.2) is 22.7 Å². The monoisotopic (exact) mass is 343 g/mol. The van der Waals surface area contributed by atoms with Gasteiger partial charge < -0.3 is 10.0 Å². The van der Waals surface area contributed by atoms with Crippen molar-refractivity contribution < 1.29 is 14.7 Å². The highest BCUT2D eigenvalue weighted by molar-refractivity contribution is 9.10. The maximum Gasteiger partial charge on any atom is 0.326 e. The van der Waals surface area contributed by atoms with E-state index < -0.39 is 12.0 Å². The Hall–Kier alpha value is -1.01. The van der Waals surface area contributed by atoms with Gasteiger partial charge in [-0.3, -0.25) is 4.79 Å². The van der Waals surface area contributed by atoms with E-state index in [4.69, 9.17) is 0 Å². The number of carboxylic acids is 1. The fraction of sp³-hybridized carbons (Fsp3) is 0.385. The summed E-state index contributed by atoms with van der Waals surface area (Å²) in [5.41, 5.74) is 2.00. The SMILES string of the molecule is CSCC(=O)N1Cc2cccc(Br)c2CC1C(=O)O. The van der Waals surface area contributed by atoms with Gasteiger partial charge >= 0.3 is 5.97 Å². The van der Waals surface area contributed by atoms with Crippen LogP contribution in [0.1, 0.15) is 11.1 Å². The van der Waals surface area contributed by atoms with E-state index in [1.807, 2.05) is 24.5 Å². The third kappa shape index (κ3) is 2.95. The molecule has 1 unspecified atom stereocenters. The Kier molecular flexibility index (Phi) is 4.52. The second kappa shape index (κ2) is 5.96. The van der Waals surface area contributed by atoms with Gasteiger partial charge in [-0.05, 0) is 23.4 Å². The van der Waals surface area contributed by atoms with Crippen LogP contribution in [0.25, 0.3) is 0 Å². The molecule has 1 atom stereocenters. The number of thioether (sulfide) groups is 1. The average Bonchev–Trinajstić information content (AvgIpc) is 2.38. The van der Waals surface area contributed by atoms with Crippen molar-refractivity contribution in [3.63, 3.8) is 0 Å². The lowest BCUT2D eigenvalue weighted by atomic mass is 9.94. The molecule has 0 spiro atoms. The number of carboxylic acid groups (broad SMARTS) is 1. The van der Waals surface area contributed by atoms with Gasteiger partial charge in [-0.15, -0.1) is 0 Å². The summed E-state index contributed by atoms with van der Waals surface area (Å²) in [6, 6.07) is 4.97. The molecular formula is C13H14BrNO3S. The van der Waals surface area contributed by atoms with Crippen LogP contribution in [0.4, 0.5) is 0 Å². The lowest BCUT2D eigenvalue weighted by Gasteiger charge is -2.34. The lowest BCUT2D eigenvalue weighted by molar-refractivity contribution is -0.150. The largest absolute Gasteiger partial charge is 0.480 e. The van der Waals surface area contributed by atoms with E-state index in [1.54, 1.807) is 0 Å². The number of rotatable bonds is 3. The van der Waals surface area contributed by atoms with E-state index in [0.29, 0.717) is 18.7 Å². The Labute approximate surface area is 124 Å². The first-order valence-corrected chi connectivity index (χ1v) is 8.00. The molecule has 1 aromatic rings. The summed E-state index contributed by atoms with van der Waals surface area (Å²) >= 11 is 4.85. The predicted octanol–water partition coefficient (Wildman–Crippen LogP) is 2.15. The van der Waals surface area contributed by atoms with E-state index in [-0.39, 0.29) is 5.91 Å². The van der Waals surface area contributed by atoms with Crippen molar-refractivity contribution in [2.45, 2.75) is 19.0 Å². The van der Waals surface area contributed by atoms with Gasteiger partial charge in [0.2, 0.25) is 5.91 Å². The highest BCUT2D eigenvalue weighted by atomic mass is 79.9. The van der Waals surface area contributed by atoms with Crippen LogP contribution in [-0.2, 0) is 22.6 Å². The number of halogens is 1. The molecule has 0 saturated heterocycles. The Bertz CT molecular complexity index is 521. The molecular weight excluding hydrogens is 330 g/mol. The Balaban J connectivity index is 2.35. The first-order valence-electron chi connectivity index (χ1n) is 5.82. The van der Waals surface area contributed by atoms with Gasteiger partial charge in [0.05, 0.1) is 5.75 Å². The van der Waals surface area contributed by atoms with Crippen LogP contribution in [0.2, 0.25) is 0 Å². The van der Waals surface area contributed by atoms with E-state index in [1.165, 1.54) is 16.7 Å². The van der Waals surface area contributed by atoms with Crippen molar-refractivity contribution in [3.8, 4) is 0 Å². The third-order valence-electron chi connectivity index (χ3n) is 3.20. The number of hydrogen-bond acceptors (Lipinski definition) is 3. The van der Waals surface area contributed by atoms with E-state index >= 15 is 0 Å². The highest BCUT2D eigenvalue weighted by Crippen LogP contribution is 2.29. The standard InChI is InChI=1S/C13H14BrNO3S/c1-19-7-12(16)15-6-8-3-2-4-10(14)9(8)5-11(15)13(17)18/h2-4,11H,5-7H2,1H3,(H,17,18). The molecule has 19 heavy (non-hydrogen) atoms. The van der Waals surface area contributed by atoms with E-state index in [9.17, 15) is 14.7 Å². The van der Waals surface area contributed by atoms with Gasteiger partial charge in [-0.2, -0.15) is 11.8 Å². The van der Waals surface area contributed by atoms with Gasteiger partial charge in [0.15, 0.2) is 0 Å². The second-order valence-electron chi connectivity index (χ2n) is 4.39. The summed E-state index contributed by atoms with van der Waals surface area (Å²) in [4.78, 5) is 24.9. The molecule has 1 heterocycles. The molecule has 1 N–H and O–H groups in total.